The van der Waals surface area contributed by atoms with Crippen LogP contribution in [0.4, 0.5) is 21.6 Å². The molecule has 0 aliphatic carbocycles. The Kier molecular flexibility index (Phi) is 3.93. The zero-order valence-electron chi connectivity index (χ0n) is 11.4. The quantitative estimate of drug-likeness (QED) is 0.747. The van der Waals surface area contributed by atoms with Crippen molar-refractivity contribution in [3.05, 3.63) is 36.3 Å². The largest absolute Gasteiger partial charge is 0.452 e. The second-order valence-corrected chi connectivity index (χ2v) is 4.66. The van der Waals surface area contributed by atoms with E-state index < -0.39 is 5.82 Å². The molecule has 0 spiro atoms. The van der Waals surface area contributed by atoms with Crippen LogP contribution >= 0.6 is 0 Å². The fourth-order valence-electron chi connectivity index (χ4n) is 1.70. The number of nitrogens with two attached hydrogens (primary N) is 2. The van der Waals surface area contributed by atoms with E-state index in [9.17, 15) is 4.39 Å². The van der Waals surface area contributed by atoms with Gasteiger partial charge in [-0.15, -0.1) is 0 Å². The number of nitrogens with one attached hydrogen (secondary N) is 1. The molecule has 0 saturated carbocycles. The second kappa shape index (κ2) is 5.64. The fourth-order valence-corrected chi connectivity index (χ4v) is 1.70. The number of aromatic nitrogens is 1. The van der Waals surface area contributed by atoms with Crippen LogP contribution in [0.5, 0.6) is 11.5 Å². The molecular weight excluding hydrogens is 259 g/mol. The van der Waals surface area contributed by atoms with Crippen molar-refractivity contribution in [2.45, 2.75) is 19.9 Å². The van der Waals surface area contributed by atoms with Crippen molar-refractivity contribution in [2.75, 3.05) is 16.8 Å². The predicted octanol–water partition coefficient (Wildman–Crippen LogP) is 3.00. The normalized spacial score (nSPS) is 10.6. The number of anilines is 3. The first-order chi connectivity index (χ1) is 9.47. The minimum atomic E-state index is -0.532. The van der Waals surface area contributed by atoms with E-state index in [0.29, 0.717) is 22.9 Å². The lowest BCUT2D eigenvalue weighted by molar-refractivity contribution is 0.443. The van der Waals surface area contributed by atoms with E-state index in [2.05, 4.69) is 10.3 Å². The number of hydrogen-bond acceptors (Lipinski definition) is 5. The van der Waals surface area contributed by atoms with Crippen LogP contribution in [0, 0.1) is 5.82 Å². The Labute approximate surface area is 116 Å². The third kappa shape index (κ3) is 3.09. The van der Waals surface area contributed by atoms with E-state index in [1.165, 1.54) is 18.3 Å². The standard InChI is InChI=1S/C14H17FN4O/c1-8(2)19-13-12(5-6-18-14(13)17)20-11-4-3-9(16)7-10(11)15/h3-8,19H,16H2,1-2H3,(H2,17,18). The summed E-state index contributed by atoms with van der Waals surface area (Å²) in [7, 11) is 0. The van der Waals surface area contributed by atoms with Crippen molar-refractivity contribution in [1.82, 2.24) is 4.98 Å². The number of benzene rings is 1. The Bertz CT molecular complexity index is 616. The maximum Gasteiger partial charge on any atom is 0.167 e. The van der Waals surface area contributed by atoms with E-state index >= 15 is 0 Å². The van der Waals surface area contributed by atoms with Gasteiger partial charge in [0.05, 0.1) is 0 Å². The Morgan fingerprint density at radius 3 is 2.60 bits per heavy atom. The van der Waals surface area contributed by atoms with E-state index in [1.54, 1.807) is 12.1 Å². The summed E-state index contributed by atoms with van der Waals surface area (Å²) in [6, 6.07) is 6.01. The molecule has 0 bridgehead atoms. The van der Waals surface area contributed by atoms with Crippen LogP contribution in [0.2, 0.25) is 0 Å². The van der Waals surface area contributed by atoms with Gasteiger partial charge in [-0.2, -0.15) is 0 Å². The number of nitrogens with zero attached hydrogens (tertiary/aromatic N) is 1. The molecule has 0 fully saturated rings. The van der Waals surface area contributed by atoms with E-state index in [4.69, 9.17) is 16.2 Å². The highest BCUT2D eigenvalue weighted by Gasteiger charge is 2.13. The van der Waals surface area contributed by atoms with Crippen LogP contribution in [0.25, 0.3) is 0 Å². The monoisotopic (exact) mass is 276 g/mol. The summed E-state index contributed by atoms with van der Waals surface area (Å²) in [5, 5.41) is 3.13. The van der Waals surface area contributed by atoms with Crippen LogP contribution in [-0.2, 0) is 0 Å². The first-order valence-electron chi connectivity index (χ1n) is 6.21. The Hall–Kier alpha value is -2.50. The molecule has 0 amide bonds. The second-order valence-electron chi connectivity index (χ2n) is 4.66. The highest BCUT2D eigenvalue weighted by atomic mass is 19.1. The van der Waals surface area contributed by atoms with Crippen LogP contribution < -0.4 is 21.5 Å². The fraction of sp³-hybridized carbons (Fsp3) is 0.214. The average Bonchev–Trinajstić information content (AvgIpc) is 2.36. The zero-order valence-corrected chi connectivity index (χ0v) is 11.4. The van der Waals surface area contributed by atoms with Crippen LogP contribution in [-0.4, -0.2) is 11.0 Å². The van der Waals surface area contributed by atoms with Crippen molar-refractivity contribution in [2.24, 2.45) is 0 Å². The highest BCUT2D eigenvalue weighted by molar-refractivity contribution is 5.70. The molecule has 6 heteroatoms. The number of halogens is 1. The number of nitrogen functional groups attached to an aromatic ring is 2. The van der Waals surface area contributed by atoms with Gasteiger partial charge >= 0.3 is 0 Å². The molecule has 0 saturated heterocycles. The summed E-state index contributed by atoms with van der Waals surface area (Å²) in [6.45, 7) is 3.92. The zero-order chi connectivity index (χ0) is 14.7. The lowest BCUT2D eigenvalue weighted by atomic mass is 10.2. The van der Waals surface area contributed by atoms with Gasteiger partial charge < -0.3 is 21.5 Å². The molecule has 2 aromatic rings. The van der Waals surface area contributed by atoms with Gasteiger partial charge in [0.1, 0.15) is 5.69 Å². The van der Waals surface area contributed by atoms with Gasteiger partial charge in [0.2, 0.25) is 0 Å². The lowest BCUT2D eigenvalue weighted by Crippen LogP contribution is -2.13. The Balaban J connectivity index is 2.35. The molecule has 1 aromatic carbocycles. The molecule has 0 unspecified atom stereocenters. The third-order valence-corrected chi connectivity index (χ3v) is 2.55. The summed E-state index contributed by atoms with van der Waals surface area (Å²) in [6.07, 6.45) is 1.51. The minimum absolute atomic E-state index is 0.0802. The van der Waals surface area contributed by atoms with Crippen molar-refractivity contribution in [3.8, 4) is 11.5 Å². The molecule has 5 N–H and O–H groups in total. The maximum absolute atomic E-state index is 13.8. The number of ether oxygens (including phenoxy) is 1. The smallest absolute Gasteiger partial charge is 0.167 e. The number of hydrogen-bond donors (Lipinski definition) is 3. The van der Waals surface area contributed by atoms with Crippen LogP contribution in [0.3, 0.4) is 0 Å². The maximum atomic E-state index is 13.8. The summed E-state index contributed by atoms with van der Waals surface area (Å²) < 4.78 is 19.3. The molecule has 0 aliphatic rings. The van der Waals surface area contributed by atoms with E-state index in [0.717, 1.165) is 0 Å². The van der Waals surface area contributed by atoms with Crippen molar-refractivity contribution < 1.29 is 9.13 Å². The van der Waals surface area contributed by atoms with Gasteiger partial charge in [-0.1, -0.05) is 0 Å². The lowest BCUT2D eigenvalue weighted by Gasteiger charge is -2.16. The van der Waals surface area contributed by atoms with Crippen LogP contribution in [0.1, 0.15) is 13.8 Å². The molecule has 0 atom stereocenters. The highest BCUT2D eigenvalue weighted by Crippen LogP contribution is 2.34. The molecule has 1 aromatic heterocycles. The van der Waals surface area contributed by atoms with E-state index in [1.807, 2.05) is 13.8 Å². The first-order valence-corrected chi connectivity index (χ1v) is 6.21. The molecule has 0 radical (unpaired) electrons. The number of pyridine rings is 1. The predicted molar refractivity (Wildman–Crippen MR) is 78.3 cm³/mol. The van der Waals surface area contributed by atoms with Gasteiger partial charge in [0.25, 0.3) is 0 Å². The first kappa shape index (κ1) is 13.9. The minimum Gasteiger partial charge on any atom is -0.452 e. The summed E-state index contributed by atoms with van der Waals surface area (Å²) >= 11 is 0. The van der Waals surface area contributed by atoms with Gasteiger partial charge in [0.15, 0.2) is 23.1 Å². The van der Waals surface area contributed by atoms with Crippen molar-refractivity contribution >= 4 is 17.2 Å². The number of rotatable bonds is 4. The Morgan fingerprint density at radius 2 is 1.95 bits per heavy atom. The molecular formula is C14H17FN4O. The topological polar surface area (TPSA) is 86.2 Å². The van der Waals surface area contributed by atoms with E-state index in [-0.39, 0.29) is 11.8 Å². The molecule has 20 heavy (non-hydrogen) atoms. The van der Waals surface area contributed by atoms with Gasteiger partial charge in [-0.3, -0.25) is 0 Å². The summed E-state index contributed by atoms with van der Waals surface area (Å²) in [5.74, 6) is 0.259. The van der Waals surface area contributed by atoms with Gasteiger partial charge in [-0.25, -0.2) is 9.37 Å². The summed E-state index contributed by atoms with van der Waals surface area (Å²) in [4.78, 5) is 3.99. The third-order valence-electron chi connectivity index (χ3n) is 2.55. The molecule has 2 rings (SSSR count). The van der Waals surface area contributed by atoms with Crippen LogP contribution in [0.15, 0.2) is 30.5 Å². The SMILES string of the molecule is CC(C)Nc1c(Oc2ccc(N)cc2F)ccnc1N. The van der Waals surface area contributed by atoms with Crippen molar-refractivity contribution in [1.29, 1.82) is 0 Å². The average molecular weight is 276 g/mol. The van der Waals surface area contributed by atoms with Crippen molar-refractivity contribution in [3.63, 3.8) is 0 Å². The molecule has 106 valence electrons. The molecule has 1 heterocycles. The Morgan fingerprint density at radius 1 is 1.20 bits per heavy atom. The molecule has 0 aliphatic heterocycles. The summed E-state index contributed by atoms with van der Waals surface area (Å²) in [5.41, 5.74) is 12.2. The van der Waals surface area contributed by atoms with Gasteiger partial charge in [-0.05, 0) is 26.0 Å². The van der Waals surface area contributed by atoms with Gasteiger partial charge in [0, 0.05) is 30.1 Å². The molecule has 5 nitrogen and oxygen atoms in total.